The Labute approximate surface area is 109 Å². The van der Waals surface area contributed by atoms with Crippen molar-refractivity contribution in [3.8, 4) is 0 Å². The van der Waals surface area contributed by atoms with Crippen LogP contribution in [-0.4, -0.2) is 24.0 Å². The highest BCUT2D eigenvalue weighted by Gasteiger charge is 2.39. The van der Waals surface area contributed by atoms with Crippen LogP contribution in [0.3, 0.4) is 0 Å². The third kappa shape index (κ3) is 7.27. The fourth-order valence-corrected chi connectivity index (χ4v) is 1.94. The van der Waals surface area contributed by atoms with Crippen molar-refractivity contribution in [1.29, 1.82) is 0 Å². The lowest BCUT2D eigenvalue weighted by molar-refractivity contribution is -0.464. The molecule has 0 spiro atoms. The summed E-state index contributed by atoms with van der Waals surface area (Å²) in [5.41, 5.74) is 3.77. The Kier molecular flexibility index (Phi) is 7.59. The van der Waals surface area contributed by atoms with E-state index in [2.05, 4.69) is 24.9 Å². The molecule has 0 aromatic carbocycles. The van der Waals surface area contributed by atoms with Crippen LogP contribution in [0.1, 0.15) is 52.9 Å². The quantitative estimate of drug-likeness (QED) is 0.711. The number of hydrogen-bond donors (Lipinski definition) is 2. The van der Waals surface area contributed by atoms with Crippen LogP contribution in [0.4, 0.5) is 0 Å². The number of amides is 1. The average molecular weight is 258 g/mol. The van der Waals surface area contributed by atoms with Gasteiger partial charge >= 0.3 is 0 Å². The van der Waals surface area contributed by atoms with Crippen molar-refractivity contribution in [1.82, 2.24) is 5.32 Å². The molecular formula is C13H26N2O3. The van der Waals surface area contributed by atoms with E-state index in [1.165, 1.54) is 6.42 Å². The summed E-state index contributed by atoms with van der Waals surface area (Å²) >= 11 is 0. The van der Waals surface area contributed by atoms with Crippen molar-refractivity contribution in [2.45, 2.75) is 58.4 Å². The van der Waals surface area contributed by atoms with Gasteiger partial charge in [0.15, 0.2) is 5.54 Å². The van der Waals surface area contributed by atoms with Gasteiger partial charge < -0.3 is 21.0 Å². The Morgan fingerprint density at radius 3 is 2.11 bits per heavy atom. The summed E-state index contributed by atoms with van der Waals surface area (Å²) in [5, 5.41) is 11.9. The molecule has 4 N–H and O–H groups in total. The summed E-state index contributed by atoms with van der Waals surface area (Å²) in [6, 6.07) is 0. The first-order valence-electron chi connectivity index (χ1n) is 6.59. The fourth-order valence-electron chi connectivity index (χ4n) is 1.94. The average Bonchev–Trinajstić information content (AvgIpc) is 2.26. The molecule has 0 saturated heterocycles. The Balaban J connectivity index is 0.000000631. The number of carbonyl (C=O) groups is 2. The summed E-state index contributed by atoms with van der Waals surface area (Å²) < 4.78 is 0. The number of rotatable bonds is 3. The zero-order chi connectivity index (χ0) is 14.2. The summed E-state index contributed by atoms with van der Waals surface area (Å²) in [6.07, 6.45) is 5.47. The molecule has 18 heavy (non-hydrogen) atoms. The van der Waals surface area contributed by atoms with E-state index in [0.717, 1.165) is 39.2 Å². The zero-order valence-electron chi connectivity index (χ0n) is 11.8. The standard InChI is InChI=1S/C11H22N2O.C2H4O2/c1-9(2)8-13-10(14)11(12)6-4-3-5-7-11;1-2(3)4/h9H,3-8,12H2,1-2H3,(H,13,14);1H3,(H,3,4). The number of aliphatic carboxylic acids is 1. The molecule has 106 valence electrons. The largest absolute Gasteiger partial charge is 0.550 e. The predicted octanol–water partition coefficient (Wildman–Crippen LogP) is -0.540. The molecule has 1 aliphatic carbocycles. The van der Waals surface area contributed by atoms with E-state index in [9.17, 15) is 4.79 Å². The summed E-state index contributed by atoms with van der Waals surface area (Å²) in [6.45, 7) is 5.96. The minimum Gasteiger partial charge on any atom is -0.550 e. The highest BCUT2D eigenvalue weighted by molar-refractivity contribution is 5.84. The molecule has 5 heteroatoms. The summed E-state index contributed by atoms with van der Waals surface area (Å²) in [4.78, 5) is 20.7. The molecule has 0 unspecified atom stereocenters. The lowest BCUT2D eigenvalue weighted by Gasteiger charge is -2.28. The topological polar surface area (TPSA) is 96.9 Å². The number of carboxylic acids is 1. The third-order valence-corrected chi connectivity index (χ3v) is 2.96. The van der Waals surface area contributed by atoms with E-state index >= 15 is 0 Å². The van der Waals surface area contributed by atoms with E-state index in [1.807, 2.05) is 0 Å². The Bertz CT molecular complexity index is 267. The van der Waals surface area contributed by atoms with E-state index in [-0.39, 0.29) is 11.4 Å². The van der Waals surface area contributed by atoms with E-state index in [0.29, 0.717) is 5.92 Å². The lowest BCUT2D eigenvalue weighted by atomic mass is 9.82. The molecule has 0 radical (unpaired) electrons. The van der Waals surface area contributed by atoms with Crippen LogP contribution in [-0.2, 0) is 9.59 Å². The van der Waals surface area contributed by atoms with Gasteiger partial charge in [-0.1, -0.05) is 20.3 Å². The smallest absolute Gasteiger partial charge is 0.281 e. The molecule has 1 fully saturated rings. The van der Waals surface area contributed by atoms with Gasteiger partial charge in [-0.15, -0.1) is 0 Å². The molecule has 5 nitrogen and oxygen atoms in total. The van der Waals surface area contributed by atoms with E-state index in [1.54, 1.807) is 0 Å². The van der Waals surface area contributed by atoms with E-state index in [4.69, 9.17) is 9.90 Å². The van der Waals surface area contributed by atoms with Gasteiger partial charge in [0.2, 0.25) is 0 Å². The molecule has 1 saturated carbocycles. The van der Waals surface area contributed by atoms with Gasteiger partial charge in [0.1, 0.15) is 0 Å². The maximum atomic E-state index is 11.9. The molecule has 0 bridgehead atoms. The van der Waals surface area contributed by atoms with Gasteiger partial charge in [-0.3, -0.25) is 4.79 Å². The van der Waals surface area contributed by atoms with Gasteiger partial charge in [-0.05, 0) is 25.7 Å². The molecule has 1 amide bonds. The number of carbonyl (C=O) groups excluding carboxylic acids is 2. The van der Waals surface area contributed by atoms with Gasteiger partial charge in [0, 0.05) is 25.4 Å². The van der Waals surface area contributed by atoms with E-state index < -0.39 is 5.97 Å². The van der Waals surface area contributed by atoms with Crippen LogP contribution < -0.4 is 16.2 Å². The first kappa shape index (κ1) is 16.9. The summed E-state index contributed by atoms with van der Waals surface area (Å²) in [5.74, 6) is -0.406. The van der Waals surface area contributed by atoms with Gasteiger partial charge in [0.05, 0.1) is 0 Å². The maximum absolute atomic E-state index is 11.9. The van der Waals surface area contributed by atoms with Crippen molar-refractivity contribution in [3.05, 3.63) is 0 Å². The molecule has 0 atom stereocenters. The minimum atomic E-state index is -1.08. The number of nitrogens with one attached hydrogen (secondary N) is 1. The molecule has 0 heterocycles. The van der Waals surface area contributed by atoms with Crippen LogP contribution in [0.25, 0.3) is 0 Å². The lowest BCUT2D eigenvalue weighted by Crippen LogP contribution is -2.79. The van der Waals surface area contributed by atoms with Crippen LogP contribution in [0.15, 0.2) is 0 Å². The number of quaternary nitrogens is 1. The van der Waals surface area contributed by atoms with Crippen molar-refractivity contribution >= 4 is 11.9 Å². The van der Waals surface area contributed by atoms with Gasteiger partial charge in [-0.25, -0.2) is 0 Å². The zero-order valence-corrected chi connectivity index (χ0v) is 11.8. The van der Waals surface area contributed by atoms with Crippen molar-refractivity contribution < 1.29 is 20.4 Å². The van der Waals surface area contributed by atoms with Crippen LogP contribution in [0.2, 0.25) is 0 Å². The molecule has 0 aromatic heterocycles. The van der Waals surface area contributed by atoms with Crippen molar-refractivity contribution in [3.63, 3.8) is 0 Å². The van der Waals surface area contributed by atoms with Crippen LogP contribution in [0, 0.1) is 5.92 Å². The second-order valence-corrected chi connectivity index (χ2v) is 5.44. The molecule has 1 aliphatic rings. The first-order valence-corrected chi connectivity index (χ1v) is 6.59. The maximum Gasteiger partial charge on any atom is 0.281 e. The molecule has 1 rings (SSSR count). The minimum absolute atomic E-state index is 0.158. The number of hydrogen-bond acceptors (Lipinski definition) is 3. The molecule has 0 aliphatic heterocycles. The molecule has 0 aromatic rings. The second-order valence-electron chi connectivity index (χ2n) is 5.44. The number of carboxylic acid groups (broad SMARTS) is 1. The van der Waals surface area contributed by atoms with Crippen molar-refractivity contribution in [2.75, 3.05) is 6.54 Å². The van der Waals surface area contributed by atoms with Crippen LogP contribution in [0.5, 0.6) is 0 Å². The fraction of sp³-hybridized carbons (Fsp3) is 0.846. The van der Waals surface area contributed by atoms with Crippen molar-refractivity contribution in [2.24, 2.45) is 5.92 Å². The SMILES string of the molecule is CC(=O)[O-].CC(C)CNC(=O)C1([NH3+])CCCCC1. The second kappa shape index (κ2) is 8.08. The Hall–Kier alpha value is -1.10. The summed E-state index contributed by atoms with van der Waals surface area (Å²) in [7, 11) is 0. The Morgan fingerprint density at radius 1 is 1.28 bits per heavy atom. The van der Waals surface area contributed by atoms with Gasteiger partial charge in [0.25, 0.3) is 5.91 Å². The normalized spacial score (nSPS) is 17.6. The third-order valence-electron chi connectivity index (χ3n) is 2.96. The highest BCUT2D eigenvalue weighted by Crippen LogP contribution is 2.24. The predicted molar refractivity (Wildman–Crippen MR) is 67.2 cm³/mol. The first-order chi connectivity index (χ1) is 8.28. The molecular weight excluding hydrogens is 232 g/mol. The monoisotopic (exact) mass is 258 g/mol. The van der Waals surface area contributed by atoms with Gasteiger partial charge in [-0.2, -0.15) is 0 Å². The Morgan fingerprint density at radius 2 is 1.72 bits per heavy atom. The highest BCUT2D eigenvalue weighted by atomic mass is 16.4. The van der Waals surface area contributed by atoms with Crippen LogP contribution >= 0.6 is 0 Å².